The standard InChI is InChI=1S/C18H19N3O2S/c1-11-5-6-15(23-11)17-20-12(2)16(24-17)18(22)21(4)13(3)14-7-9-19-10-8-14/h5-10,13H,1-4H3. The van der Waals surface area contributed by atoms with Gasteiger partial charge in [-0.05, 0) is 50.6 Å². The molecular formula is C18H19N3O2S. The molecule has 1 amide bonds. The molecule has 0 aliphatic rings. The first kappa shape index (κ1) is 16.4. The average molecular weight is 341 g/mol. The van der Waals surface area contributed by atoms with E-state index < -0.39 is 0 Å². The number of carbonyl (C=O) groups is 1. The number of nitrogens with zero attached hydrogens (tertiary/aromatic N) is 3. The molecule has 0 saturated carbocycles. The van der Waals surface area contributed by atoms with Crippen molar-refractivity contribution in [1.82, 2.24) is 14.9 Å². The largest absolute Gasteiger partial charge is 0.459 e. The predicted molar refractivity (Wildman–Crippen MR) is 94.0 cm³/mol. The molecule has 1 unspecified atom stereocenters. The van der Waals surface area contributed by atoms with Crippen molar-refractivity contribution >= 4 is 17.2 Å². The number of furan rings is 1. The molecule has 3 aromatic rings. The SMILES string of the molecule is Cc1ccc(-c2nc(C)c(C(=O)N(C)C(C)c3ccncc3)s2)o1. The summed E-state index contributed by atoms with van der Waals surface area (Å²) in [5.74, 6) is 1.49. The summed E-state index contributed by atoms with van der Waals surface area (Å²) in [4.78, 5) is 23.8. The smallest absolute Gasteiger partial charge is 0.266 e. The predicted octanol–water partition coefficient (Wildman–Crippen LogP) is 4.25. The zero-order valence-corrected chi connectivity index (χ0v) is 14.9. The molecule has 0 saturated heterocycles. The van der Waals surface area contributed by atoms with E-state index in [9.17, 15) is 4.79 Å². The second kappa shape index (κ2) is 6.57. The van der Waals surface area contributed by atoms with Gasteiger partial charge >= 0.3 is 0 Å². The molecule has 24 heavy (non-hydrogen) atoms. The van der Waals surface area contributed by atoms with E-state index in [1.54, 1.807) is 17.3 Å². The Morgan fingerprint density at radius 1 is 1.21 bits per heavy atom. The normalized spacial score (nSPS) is 12.2. The highest BCUT2D eigenvalue weighted by Crippen LogP contribution is 2.31. The van der Waals surface area contributed by atoms with Gasteiger partial charge in [-0.25, -0.2) is 4.98 Å². The second-order valence-corrected chi connectivity index (χ2v) is 6.72. The summed E-state index contributed by atoms with van der Waals surface area (Å²) >= 11 is 1.37. The van der Waals surface area contributed by atoms with Crippen molar-refractivity contribution in [2.24, 2.45) is 0 Å². The maximum absolute atomic E-state index is 12.9. The van der Waals surface area contributed by atoms with Crippen molar-refractivity contribution < 1.29 is 9.21 Å². The Bertz CT molecular complexity index is 854. The van der Waals surface area contributed by atoms with E-state index >= 15 is 0 Å². The van der Waals surface area contributed by atoms with Crippen LogP contribution in [0, 0.1) is 13.8 Å². The van der Waals surface area contributed by atoms with Gasteiger partial charge in [0.25, 0.3) is 5.91 Å². The third kappa shape index (κ3) is 3.10. The Kier molecular flexibility index (Phi) is 4.49. The van der Waals surface area contributed by atoms with E-state index in [4.69, 9.17) is 4.42 Å². The van der Waals surface area contributed by atoms with Crippen LogP contribution in [0.25, 0.3) is 10.8 Å². The summed E-state index contributed by atoms with van der Waals surface area (Å²) in [6.07, 6.45) is 3.47. The van der Waals surface area contributed by atoms with E-state index in [1.165, 1.54) is 11.3 Å². The van der Waals surface area contributed by atoms with Gasteiger partial charge in [0.1, 0.15) is 10.6 Å². The van der Waals surface area contributed by atoms with Crippen LogP contribution in [-0.4, -0.2) is 27.8 Å². The Balaban J connectivity index is 1.86. The molecule has 0 aliphatic heterocycles. The summed E-state index contributed by atoms with van der Waals surface area (Å²) < 4.78 is 5.61. The van der Waals surface area contributed by atoms with Crippen molar-refractivity contribution in [3.05, 3.63) is 58.6 Å². The fourth-order valence-corrected chi connectivity index (χ4v) is 3.46. The lowest BCUT2D eigenvalue weighted by Crippen LogP contribution is -2.29. The number of hydrogen-bond donors (Lipinski definition) is 0. The topological polar surface area (TPSA) is 59.2 Å². The van der Waals surface area contributed by atoms with Gasteiger partial charge in [0.15, 0.2) is 10.8 Å². The number of aromatic nitrogens is 2. The highest BCUT2D eigenvalue weighted by atomic mass is 32.1. The molecule has 0 aliphatic carbocycles. The second-order valence-electron chi connectivity index (χ2n) is 5.72. The van der Waals surface area contributed by atoms with Crippen molar-refractivity contribution in [3.8, 4) is 10.8 Å². The van der Waals surface area contributed by atoms with Crippen LogP contribution in [0.1, 0.15) is 39.7 Å². The lowest BCUT2D eigenvalue weighted by atomic mass is 10.1. The molecule has 5 nitrogen and oxygen atoms in total. The third-order valence-corrected chi connectivity index (χ3v) is 5.19. The van der Waals surface area contributed by atoms with E-state index in [0.717, 1.165) is 22.0 Å². The third-order valence-electron chi connectivity index (χ3n) is 4.03. The zero-order valence-electron chi connectivity index (χ0n) is 14.1. The first-order valence-electron chi connectivity index (χ1n) is 7.68. The summed E-state index contributed by atoms with van der Waals surface area (Å²) in [6.45, 7) is 5.74. The van der Waals surface area contributed by atoms with Crippen LogP contribution in [0.2, 0.25) is 0 Å². The Morgan fingerprint density at radius 3 is 2.54 bits per heavy atom. The van der Waals surface area contributed by atoms with Crippen LogP contribution < -0.4 is 0 Å². The molecule has 0 aromatic carbocycles. The first-order chi connectivity index (χ1) is 11.5. The summed E-state index contributed by atoms with van der Waals surface area (Å²) in [7, 11) is 1.81. The molecule has 3 aromatic heterocycles. The fraction of sp³-hybridized carbons (Fsp3) is 0.278. The number of amides is 1. The molecule has 0 N–H and O–H groups in total. The van der Waals surface area contributed by atoms with Crippen LogP contribution in [0.4, 0.5) is 0 Å². The van der Waals surface area contributed by atoms with E-state index in [-0.39, 0.29) is 11.9 Å². The van der Waals surface area contributed by atoms with Crippen LogP contribution in [0.15, 0.2) is 41.1 Å². The molecule has 0 bridgehead atoms. The van der Waals surface area contributed by atoms with Gasteiger partial charge in [0.2, 0.25) is 0 Å². The average Bonchev–Trinajstić information content (AvgIpc) is 3.19. The number of hydrogen-bond acceptors (Lipinski definition) is 5. The molecule has 3 heterocycles. The van der Waals surface area contributed by atoms with Gasteiger partial charge in [-0.2, -0.15) is 0 Å². The van der Waals surface area contributed by atoms with Crippen LogP contribution in [0.5, 0.6) is 0 Å². The van der Waals surface area contributed by atoms with Gasteiger partial charge in [-0.3, -0.25) is 9.78 Å². The van der Waals surface area contributed by atoms with Crippen molar-refractivity contribution in [3.63, 3.8) is 0 Å². The lowest BCUT2D eigenvalue weighted by molar-refractivity contribution is 0.0746. The minimum Gasteiger partial charge on any atom is -0.459 e. The molecule has 6 heteroatoms. The molecule has 0 radical (unpaired) electrons. The number of thiazole rings is 1. The number of pyridine rings is 1. The number of carbonyl (C=O) groups excluding carboxylic acids is 1. The van der Waals surface area contributed by atoms with Crippen LogP contribution >= 0.6 is 11.3 Å². The molecule has 1 atom stereocenters. The van der Waals surface area contributed by atoms with Gasteiger partial charge in [0.05, 0.1) is 11.7 Å². The van der Waals surface area contributed by atoms with Crippen LogP contribution in [-0.2, 0) is 0 Å². The highest BCUT2D eigenvalue weighted by molar-refractivity contribution is 7.17. The van der Waals surface area contributed by atoms with Gasteiger partial charge in [-0.1, -0.05) is 0 Å². The minimum absolute atomic E-state index is 0.0381. The monoisotopic (exact) mass is 341 g/mol. The fourth-order valence-electron chi connectivity index (χ4n) is 2.45. The lowest BCUT2D eigenvalue weighted by Gasteiger charge is -2.24. The molecule has 0 fully saturated rings. The van der Waals surface area contributed by atoms with E-state index in [1.807, 2.05) is 52.1 Å². The Labute approximate surface area is 145 Å². The summed E-state index contributed by atoms with van der Waals surface area (Å²) in [6, 6.07) is 7.57. The summed E-state index contributed by atoms with van der Waals surface area (Å²) in [5, 5.41) is 0.730. The molecule has 3 rings (SSSR count). The van der Waals surface area contributed by atoms with Gasteiger partial charge < -0.3 is 9.32 Å². The maximum Gasteiger partial charge on any atom is 0.266 e. The van der Waals surface area contributed by atoms with Crippen molar-refractivity contribution in [1.29, 1.82) is 0 Å². The molecular weight excluding hydrogens is 322 g/mol. The van der Waals surface area contributed by atoms with Crippen molar-refractivity contribution in [2.45, 2.75) is 26.8 Å². The zero-order chi connectivity index (χ0) is 17.3. The molecule has 124 valence electrons. The van der Waals surface area contributed by atoms with Gasteiger partial charge in [-0.15, -0.1) is 11.3 Å². The van der Waals surface area contributed by atoms with Gasteiger partial charge in [0, 0.05) is 19.4 Å². The van der Waals surface area contributed by atoms with E-state index in [0.29, 0.717) is 10.6 Å². The Hall–Kier alpha value is -2.47. The molecule has 0 spiro atoms. The Morgan fingerprint density at radius 2 is 1.92 bits per heavy atom. The number of aryl methyl sites for hydroxylation is 2. The minimum atomic E-state index is -0.0451. The first-order valence-corrected chi connectivity index (χ1v) is 8.50. The van der Waals surface area contributed by atoms with Crippen molar-refractivity contribution in [2.75, 3.05) is 7.05 Å². The van der Waals surface area contributed by atoms with Crippen LogP contribution in [0.3, 0.4) is 0 Å². The quantitative estimate of drug-likeness (QED) is 0.712. The highest BCUT2D eigenvalue weighted by Gasteiger charge is 2.24. The summed E-state index contributed by atoms with van der Waals surface area (Å²) in [5.41, 5.74) is 1.77. The number of rotatable bonds is 4. The maximum atomic E-state index is 12.9. The van der Waals surface area contributed by atoms with E-state index in [2.05, 4.69) is 9.97 Å².